The third-order valence-corrected chi connectivity index (χ3v) is 4.18. The number of anilines is 1. The molecule has 150 valence electrons. The lowest BCUT2D eigenvalue weighted by molar-refractivity contribution is 0.0996. The molecule has 0 atom stereocenters. The van der Waals surface area contributed by atoms with Crippen LogP contribution >= 0.6 is 0 Å². The summed E-state index contributed by atoms with van der Waals surface area (Å²) in [7, 11) is 1.76. The minimum atomic E-state index is -0.399. The summed E-state index contributed by atoms with van der Waals surface area (Å²) in [6.45, 7) is 4.68. The highest BCUT2D eigenvalue weighted by molar-refractivity contribution is 6.17. The van der Waals surface area contributed by atoms with Gasteiger partial charge in [-0.25, -0.2) is 0 Å². The van der Waals surface area contributed by atoms with Crippen molar-refractivity contribution < 1.29 is 19.1 Å². The molecule has 1 aromatic heterocycles. The molecule has 0 aliphatic heterocycles. The molecule has 0 fully saturated rings. The first-order valence-corrected chi connectivity index (χ1v) is 9.37. The standard InChI is InChI=1S/C22H23N3O4/c1-4-28-18-11-10-15(14-19(18)29-5-2)21(26)16-8-6-7-9-17(16)22(27)23-20-12-13-25(3)24-20/h6-14H,4-5H2,1-3H3,(H,23,24,27). The van der Waals surface area contributed by atoms with E-state index in [9.17, 15) is 9.59 Å². The molecule has 0 aliphatic rings. The summed E-state index contributed by atoms with van der Waals surface area (Å²) in [4.78, 5) is 25.9. The Morgan fingerprint density at radius 1 is 0.966 bits per heavy atom. The highest BCUT2D eigenvalue weighted by atomic mass is 16.5. The van der Waals surface area contributed by atoms with Gasteiger partial charge in [0.1, 0.15) is 0 Å². The van der Waals surface area contributed by atoms with Crippen LogP contribution in [0.5, 0.6) is 11.5 Å². The normalized spacial score (nSPS) is 10.4. The number of nitrogens with zero attached hydrogens (tertiary/aromatic N) is 2. The van der Waals surface area contributed by atoms with E-state index < -0.39 is 5.91 Å². The van der Waals surface area contributed by atoms with Crippen LogP contribution in [0.15, 0.2) is 54.7 Å². The van der Waals surface area contributed by atoms with E-state index in [-0.39, 0.29) is 11.3 Å². The van der Waals surface area contributed by atoms with E-state index in [2.05, 4.69) is 10.4 Å². The smallest absolute Gasteiger partial charge is 0.257 e. The topological polar surface area (TPSA) is 82.5 Å². The third kappa shape index (κ3) is 4.63. The van der Waals surface area contributed by atoms with Gasteiger partial charge in [0.2, 0.25) is 0 Å². The van der Waals surface area contributed by atoms with Crippen molar-refractivity contribution in [3.63, 3.8) is 0 Å². The lowest BCUT2D eigenvalue weighted by Gasteiger charge is -2.13. The Morgan fingerprint density at radius 3 is 2.31 bits per heavy atom. The molecule has 0 radical (unpaired) electrons. The van der Waals surface area contributed by atoms with E-state index in [1.54, 1.807) is 66.5 Å². The molecule has 29 heavy (non-hydrogen) atoms. The molecule has 7 nitrogen and oxygen atoms in total. The van der Waals surface area contributed by atoms with Gasteiger partial charge >= 0.3 is 0 Å². The number of nitrogens with one attached hydrogen (secondary N) is 1. The van der Waals surface area contributed by atoms with Crippen molar-refractivity contribution in [1.29, 1.82) is 0 Å². The first-order chi connectivity index (χ1) is 14.0. The monoisotopic (exact) mass is 393 g/mol. The van der Waals surface area contributed by atoms with Crippen LogP contribution < -0.4 is 14.8 Å². The van der Waals surface area contributed by atoms with Crippen molar-refractivity contribution in [2.45, 2.75) is 13.8 Å². The Balaban J connectivity index is 1.91. The van der Waals surface area contributed by atoms with Crippen LogP contribution in [-0.2, 0) is 7.05 Å². The second-order valence-electron chi connectivity index (χ2n) is 6.23. The van der Waals surface area contributed by atoms with Crippen molar-refractivity contribution in [3.05, 3.63) is 71.4 Å². The quantitative estimate of drug-likeness (QED) is 0.590. The molecule has 3 rings (SSSR count). The fourth-order valence-electron chi connectivity index (χ4n) is 2.89. The van der Waals surface area contributed by atoms with E-state index in [1.807, 2.05) is 13.8 Å². The molecule has 1 N–H and O–H groups in total. The zero-order valence-corrected chi connectivity index (χ0v) is 16.6. The van der Waals surface area contributed by atoms with E-state index >= 15 is 0 Å². The van der Waals surface area contributed by atoms with Gasteiger partial charge < -0.3 is 14.8 Å². The number of hydrogen-bond donors (Lipinski definition) is 1. The fraction of sp³-hybridized carbons (Fsp3) is 0.227. The highest BCUT2D eigenvalue weighted by Gasteiger charge is 2.20. The zero-order valence-electron chi connectivity index (χ0n) is 16.6. The number of aromatic nitrogens is 2. The summed E-state index contributed by atoms with van der Waals surface area (Å²) >= 11 is 0. The number of rotatable bonds is 8. The average molecular weight is 393 g/mol. The summed E-state index contributed by atoms with van der Waals surface area (Å²) in [6, 6.07) is 13.4. The molecule has 0 saturated carbocycles. The Kier molecular flexibility index (Phi) is 6.29. The number of aryl methyl sites for hydroxylation is 1. The second-order valence-corrected chi connectivity index (χ2v) is 6.23. The maximum atomic E-state index is 13.2. The maximum Gasteiger partial charge on any atom is 0.257 e. The lowest BCUT2D eigenvalue weighted by Crippen LogP contribution is -2.17. The summed E-state index contributed by atoms with van der Waals surface area (Å²) in [5.41, 5.74) is 0.984. The van der Waals surface area contributed by atoms with Crippen LogP contribution in [0.25, 0.3) is 0 Å². The van der Waals surface area contributed by atoms with Crippen molar-refractivity contribution in [1.82, 2.24) is 9.78 Å². The average Bonchev–Trinajstić information content (AvgIpc) is 3.13. The Labute approximate surface area is 169 Å². The predicted octanol–water partition coefficient (Wildman–Crippen LogP) is 3.70. The molecule has 0 spiro atoms. The van der Waals surface area contributed by atoms with E-state index in [0.29, 0.717) is 41.7 Å². The zero-order chi connectivity index (χ0) is 20.8. The van der Waals surface area contributed by atoms with Crippen LogP contribution in [0.3, 0.4) is 0 Å². The Hall–Kier alpha value is -3.61. The minimum absolute atomic E-state index is 0.273. The molecular weight excluding hydrogens is 370 g/mol. The van der Waals surface area contributed by atoms with Gasteiger partial charge in [0, 0.05) is 30.4 Å². The molecule has 0 aliphatic carbocycles. The first-order valence-electron chi connectivity index (χ1n) is 9.37. The Bertz CT molecular complexity index is 1030. The van der Waals surface area contributed by atoms with Gasteiger partial charge in [-0.05, 0) is 38.1 Å². The van der Waals surface area contributed by atoms with Crippen molar-refractivity contribution >= 4 is 17.5 Å². The maximum absolute atomic E-state index is 13.2. The number of ether oxygens (including phenoxy) is 2. The fourth-order valence-corrected chi connectivity index (χ4v) is 2.89. The van der Waals surface area contributed by atoms with Crippen molar-refractivity contribution in [2.24, 2.45) is 7.05 Å². The first kappa shape index (κ1) is 20.1. The van der Waals surface area contributed by atoms with Crippen LogP contribution in [0.2, 0.25) is 0 Å². The van der Waals surface area contributed by atoms with E-state index in [1.165, 1.54) is 0 Å². The van der Waals surface area contributed by atoms with Gasteiger partial charge in [-0.1, -0.05) is 18.2 Å². The van der Waals surface area contributed by atoms with Crippen LogP contribution in [0.4, 0.5) is 5.82 Å². The van der Waals surface area contributed by atoms with Gasteiger partial charge in [0.15, 0.2) is 23.1 Å². The number of carbonyl (C=O) groups is 2. The summed E-state index contributed by atoms with van der Waals surface area (Å²) in [5, 5.41) is 6.85. The number of ketones is 1. The van der Waals surface area contributed by atoms with Gasteiger partial charge in [0.25, 0.3) is 5.91 Å². The molecule has 0 unspecified atom stereocenters. The van der Waals surface area contributed by atoms with Gasteiger partial charge in [-0.15, -0.1) is 0 Å². The number of benzene rings is 2. The summed E-state index contributed by atoms with van der Waals surface area (Å²) < 4.78 is 12.7. The molecule has 3 aromatic rings. The molecule has 1 amide bonds. The third-order valence-electron chi connectivity index (χ3n) is 4.18. The number of hydrogen-bond acceptors (Lipinski definition) is 5. The molecule has 2 aromatic carbocycles. The number of carbonyl (C=O) groups excluding carboxylic acids is 2. The highest BCUT2D eigenvalue weighted by Crippen LogP contribution is 2.30. The van der Waals surface area contributed by atoms with E-state index in [4.69, 9.17) is 9.47 Å². The van der Waals surface area contributed by atoms with Crippen LogP contribution in [0.1, 0.15) is 40.1 Å². The van der Waals surface area contributed by atoms with Crippen molar-refractivity contribution in [3.8, 4) is 11.5 Å². The van der Waals surface area contributed by atoms with Crippen LogP contribution in [0, 0.1) is 0 Å². The second kappa shape index (κ2) is 9.05. The number of amides is 1. The molecular formula is C22H23N3O4. The molecule has 7 heteroatoms. The molecule has 0 saturated heterocycles. The predicted molar refractivity (Wildman–Crippen MR) is 110 cm³/mol. The van der Waals surface area contributed by atoms with Crippen molar-refractivity contribution in [2.75, 3.05) is 18.5 Å². The van der Waals surface area contributed by atoms with E-state index in [0.717, 1.165) is 0 Å². The largest absolute Gasteiger partial charge is 0.490 e. The summed E-state index contributed by atoms with van der Waals surface area (Å²) in [6.07, 6.45) is 1.72. The van der Waals surface area contributed by atoms with Gasteiger partial charge in [0.05, 0.1) is 18.8 Å². The minimum Gasteiger partial charge on any atom is -0.490 e. The molecule has 0 bridgehead atoms. The van der Waals surface area contributed by atoms with Gasteiger partial charge in [-0.3, -0.25) is 14.3 Å². The summed E-state index contributed by atoms with van der Waals surface area (Å²) in [5.74, 6) is 0.812. The van der Waals surface area contributed by atoms with Gasteiger partial charge in [-0.2, -0.15) is 5.10 Å². The Morgan fingerprint density at radius 2 is 1.66 bits per heavy atom. The molecule has 1 heterocycles. The SMILES string of the molecule is CCOc1ccc(C(=O)c2ccccc2C(=O)Nc2ccn(C)n2)cc1OCC. The lowest BCUT2D eigenvalue weighted by atomic mass is 9.97. The van der Waals surface area contributed by atoms with Crippen LogP contribution in [-0.4, -0.2) is 34.7 Å².